The molecular weight excluding hydrogens is 514 g/mol. The molecule has 160 valence electrons. The van der Waals surface area contributed by atoms with E-state index in [0.717, 1.165) is 30.6 Å². The first-order valence-corrected chi connectivity index (χ1v) is 10.7. The number of fused-ring (bicyclic) bond motifs is 1. The van der Waals surface area contributed by atoms with E-state index in [1.165, 1.54) is 29.8 Å². The van der Waals surface area contributed by atoms with Gasteiger partial charge < -0.3 is 21.1 Å². The maximum absolute atomic E-state index is 14.4. The van der Waals surface area contributed by atoms with E-state index >= 15 is 0 Å². The van der Waals surface area contributed by atoms with Crippen LogP contribution in [0.2, 0.25) is 0 Å². The van der Waals surface area contributed by atoms with E-state index < -0.39 is 17.3 Å². The molecular formula is C22H20FIN4O3. The number of nitrogens with two attached hydrogens (primary N) is 1. The van der Waals surface area contributed by atoms with Crippen molar-refractivity contribution in [2.45, 2.75) is 12.8 Å². The van der Waals surface area contributed by atoms with E-state index in [1.807, 2.05) is 34.7 Å². The van der Waals surface area contributed by atoms with Gasteiger partial charge in [0.2, 0.25) is 0 Å². The quantitative estimate of drug-likeness (QED) is 0.428. The summed E-state index contributed by atoms with van der Waals surface area (Å²) in [6.45, 7) is 0.915. The Kier molecular flexibility index (Phi) is 5.86. The average Bonchev–Trinajstić information content (AvgIpc) is 2.73. The number of hydrogen-bond acceptors (Lipinski definition) is 5. The van der Waals surface area contributed by atoms with Crippen molar-refractivity contribution in [1.82, 2.24) is 4.57 Å². The second kappa shape index (κ2) is 8.58. The summed E-state index contributed by atoms with van der Waals surface area (Å²) in [6, 6.07) is 11.3. The highest BCUT2D eigenvalue weighted by Crippen LogP contribution is 2.33. The van der Waals surface area contributed by atoms with Crippen molar-refractivity contribution in [3.8, 4) is 11.5 Å². The molecule has 0 fully saturated rings. The topological polar surface area (TPSA) is 98.4 Å². The lowest BCUT2D eigenvalue weighted by molar-refractivity contribution is 0.0998. The molecule has 0 bridgehead atoms. The molecule has 0 spiro atoms. The van der Waals surface area contributed by atoms with Crippen LogP contribution in [0, 0.1) is 9.39 Å². The second-order valence-corrected chi connectivity index (χ2v) is 8.44. The van der Waals surface area contributed by atoms with Gasteiger partial charge in [-0.25, -0.2) is 4.39 Å². The molecule has 0 aliphatic carbocycles. The van der Waals surface area contributed by atoms with E-state index in [2.05, 4.69) is 10.6 Å². The molecule has 1 aliphatic rings. The number of amides is 1. The molecule has 0 saturated heterocycles. The molecule has 1 amide bonds. The number of primary amides is 1. The van der Waals surface area contributed by atoms with Crippen LogP contribution in [0.25, 0.3) is 0 Å². The van der Waals surface area contributed by atoms with E-state index in [0.29, 0.717) is 9.32 Å². The smallest absolute Gasteiger partial charge is 0.256 e. The number of rotatable bonds is 5. The fourth-order valence-corrected chi connectivity index (χ4v) is 3.95. The molecule has 7 nitrogen and oxygen atoms in total. The number of pyridine rings is 1. The molecule has 0 radical (unpaired) electrons. The van der Waals surface area contributed by atoms with Gasteiger partial charge in [-0.1, -0.05) is 0 Å². The number of hydrogen-bond donors (Lipinski definition) is 3. The molecule has 4 rings (SSSR count). The SMILES string of the molecule is Cn1c(Nc2ccc(I)cc2F)c(C(N)=O)c(Oc2ccc3c(c2)CCCN3)cc1=O. The number of ether oxygens (including phenoxy) is 1. The van der Waals surface area contributed by atoms with Gasteiger partial charge in [0.25, 0.3) is 11.5 Å². The molecule has 1 aromatic heterocycles. The van der Waals surface area contributed by atoms with Gasteiger partial charge in [0.05, 0.1) is 5.69 Å². The van der Waals surface area contributed by atoms with Crippen molar-refractivity contribution in [2.75, 3.05) is 17.2 Å². The van der Waals surface area contributed by atoms with Crippen molar-refractivity contribution in [3.05, 3.63) is 73.3 Å². The number of carbonyl (C=O) groups is 1. The first kappa shape index (κ1) is 21.2. The Hall–Kier alpha value is -3.08. The largest absolute Gasteiger partial charge is 0.456 e. The zero-order valence-electron chi connectivity index (χ0n) is 16.7. The van der Waals surface area contributed by atoms with Crippen molar-refractivity contribution in [2.24, 2.45) is 12.8 Å². The minimum atomic E-state index is -0.807. The molecule has 2 heterocycles. The van der Waals surface area contributed by atoms with Crippen molar-refractivity contribution >= 4 is 45.7 Å². The molecule has 3 aromatic rings. The van der Waals surface area contributed by atoms with Crippen molar-refractivity contribution in [1.29, 1.82) is 0 Å². The van der Waals surface area contributed by atoms with Gasteiger partial charge in [-0.2, -0.15) is 0 Å². The number of aromatic nitrogens is 1. The Bertz CT molecular complexity index is 1240. The number of anilines is 3. The molecule has 31 heavy (non-hydrogen) atoms. The average molecular weight is 534 g/mol. The third-order valence-corrected chi connectivity index (χ3v) is 5.75. The molecule has 4 N–H and O–H groups in total. The summed E-state index contributed by atoms with van der Waals surface area (Å²) >= 11 is 1.99. The fraction of sp³-hybridized carbons (Fsp3) is 0.182. The summed E-state index contributed by atoms with van der Waals surface area (Å²) < 4.78 is 22.2. The van der Waals surface area contributed by atoms with Gasteiger partial charge in [-0.15, -0.1) is 0 Å². The molecule has 9 heteroatoms. The van der Waals surface area contributed by atoms with Crippen LogP contribution in [0.15, 0.2) is 47.3 Å². The van der Waals surface area contributed by atoms with Crippen LogP contribution < -0.4 is 26.7 Å². The second-order valence-electron chi connectivity index (χ2n) is 7.19. The first-order valence-electron chi connectivity index (χ1n) is 9.64. The van der Waals surface area contributed by atoms with Crippen LogP contribution in [-0.4, -0.2) is 17.0 Å². The summed E-state index contributed by atoms with van der Waals surface area (Å²) in [4.78, 5) is 24.9. The normalized spacial score (nSPS) is 12.6. The van der Waals surface area contributed by atoms with E-state index in [-0.39, 0.29) is 22.8 Å². The van der Waals surface area contributed by atoms with E-state index in [1.54, 1.807) is 12.1 Å². The number of nitrogens with one attached hydrogen (secondary N) is 2. The van der Waals surface area contributed by atoms with Crippen LogP contribution in [0.3, 0.4) is 0 Å². The van der Waals surface area contributed by atoms with Gasteiger partial charge in [-0.3, -0.25) is 14.2 Å². The number of aryl methyl sites for hydroxylation is 1. The van der Waals surface area contributed by atoms with Crippen molar-refractivity contribution in [3.63, 3.8) is 0 Å². The lowest BCUT2D eigenvalue weighted by Gasteiger charge is -2.20. The Morgan fingerprint density at radius 2 is 2.06 bits per heavy atom. The number of benzene rings is 2. The summed E-state index contributed by atoms with van der Waals surface area (Å²) in [7, 11) is 1.47. The third-order valence-electron chi connectivity index (χ3n) is 5.08. The zero-order chi connectivity index (χ0) is 22.1. The van der Waals surface area contributed by atoms with Gasteiger partial charge in [0.1, 0.15) is 28.7 Å². The summed E-state index contributed by atoms with van der Waals surface area (Å²) in [5.74, 6) is -0.797. The van der Waals surface area contributed by atoms with Gasteiger partial charge in [-0.05, 0) is 77.4 Å². The van der Waals surface area contributed by atoms with E-state index in [4.69, 9.17) is 10.5 Å². The highest BCUT2D eigenvalue weighted by Gasteiger charge is 2.22. The van der Waals surface area contributed by atoms with Gasteiger partial charge >= 0.3 is 0 Å². The standard InChI is InChI=1S/C22H20FIN4O3/c1-28-19(29)11-18(31-14-5-7-16-12(9-14)3-2-8-26-16)20(21(25)30)22(28)27-17-6-4-13(24)10-15(17)23/h4-7,9-11,26-27H,2-3,8H2,1H3,(H2,25,30). The highest BCUT2D eigenvalue weighted by atomic mass is 127. The summed E-state index contributed by atoms with van der Waals surface area (Å²) in [5, 5.41) is 6.14. The first-order chi connectivity index (χ1) is 14.8. The van der Waals surface area contributed by atoms with Crippen LogP contribution >= 0.6 is 22.6 Å². The Morgan fingerprint density at radius 1 is 1.26 bits per heavy atom. The monoisotopic (exact) mass is 534 g/mol. The Balaban J connectivity index is 1.78. The molecule has 0 unspecified atom stereocenters. The number of carbonyl (C=O) groups excluding carboxylic acids is 1. The predicted octanol–water partition coefficient (Wildman–Crippen LogP) is 4.12. The van der Waals surface area contributed by atoms with Crippen LogP contribution in [0.1, 0.15) is 22.3 Å². The van der Waals surface area contributed by atoms with Crippen LogP contribution in [0.4, 0.5) is 21.6 Å². The van der Waals surface area contributed by atoms with Gasteiger partial charge in [0.15, 0.2) is 0 Å². The maximum atomic E-state index is 14.4. The molecule has 2 aromatic carbocycles. The summed E-state index contributed by atoms with van der Waals surface area (Å²) in [5.41, 5.74) is 7.39. The minimum Gasteiger partial charge on any atom is -0.456 e. The third kappa shape index (κ3) is 4.36. The maximum Gasteiger partial charge on any atom is 0.256 e. The number of halogens is 2. The fourth-order valence-electron chi connectivity index (χ4n) is 3.50. The number of nitrogens with zero attached hydrogens (tertiary/aromatic N) is 1. The highest BCUT2D eigenvalue weighted by molar-refractivity contribution is 14.1. The molecule has 0 saturated carbocycles. The Labute approximate surface area is 191 Å². The Morgan fingerprint density at radius 3 is 2.81 bits per heavy atom. The van der Waals surface area contributed by atoms with Crippen molar-refractivity contribution < 1.29 is 13.9 Å². The molecule has 0 atom stereocenters. The van der Waals surface area contributed by atoms with Crippen LogP contribution in [0.5, 0.6) is 11.5 Å². The summed E-state index contributed by atoms with van der Waals surface area (Å²) in [6.07, 6.45) is 1.90. The zero-order valence-corrected chi connectivity index (χ0v) is 18.8. The minimum absolute atomic E-state index is 0.00717. The predicted molar refractivity (Wildman–Crippen MR) is 126 cm³/mol. The molecule has 1 aliphatic heterocycles. The van der Waals surface area contributed by atoms with Crippen LogP contribution in [-0.2, 0) is 13.5 Å². The van der Waals surface area contributed by atoms with Gasteiger partial charge in [0, 0.05) is 28.9 Å². The lowest BCUT2D eigenvalue weighted by atomic mass is 10.0. The lowest BCUT2D eigenvalue weighted by Crippen LogP contribution is -2.25. The van der Waals surface area contributed by atoms with E-state index in [9.17, 15) is 14.0 Å².